The molecule has 14 heavy (non-hydrogen) atoms. The van der Waals surface area contributed by atoms with Crippen LogP contribution in [-0.4, -0.2) is 19.7 Å². The molecule has 1 aromatic rings. The van der Waals surface area contributed by atoms with Gasteiger partial charge in [-0.3, -0.25) is 0 Å². The van der Waals surface area contributed by atoms with Crippen LogP contribution in [0.15, 0.2) is 18.2 Å². The van der Waals surface area contributed by atoms with Gasteiger partial charge in [-0.2, -0.15) is 0 Å². The molecule has 1 saturated heterocycles. The highest BCUT2D eigenvalue weighted by Gasteiger charge is 2.35. The van der Waals surface area contributed by atoms with E-state index < -0.39 is 0 Å². The number of nitrogens with one attached hydrogen (secondary N) is 1. The summed E-state index contributed by atoms with van der Waals surface area (Å²) in [6.45, 7) is 1.17. The smallest absolute Gasteiger partial charge is 0.119 e. The van der Waals surface area contributed by atoms with E-state index in [1.165, 1.54) is 30.5 Å². The summed E-state index contributed by atoms with van der Waals surface area (Å²) in [6, 6.07) is 7.19. The minimum absolute atomic E-state index is 0.692. The molecule has 2 unspecified atom stereocenters. The lowest BCUT2D eigenvalue weighted by Gasteiger charge is -2.09. The van der Waals surface area contributed by atoms with Crippen LogP contribution in [0.3, 0.4) is 0 Å². The molecule has 0 radical (unpaired) electrons. The number of benzene rings is 1. The van der Waals surface area contributed by atoms with Gasteiger partial charge >= 0.3 is 0 Å². The van der Waals surface area contributed by atoms with E-state index in [-0.39, 0.29) is 0 Å². The van der Waals surface area contributed by atoms with Crippen LogP contribution >= 0.6 is 0 Å². The summed E-state index contributed by atoms with van der Waals surface area (Å²) in [5, 5.41) is 3.56. The molecule has 74 valence electrons. The minimum Gasteiger partial charge on any atom is -0.497 e. The summed E-state index contributed by atoms with van der Waals surface area (Å²) in [5.74, 6) is 1.73. The molecule has 1 aromatic carbocycles. The fourth-order valence-electron chi connectivity index (χ4n) is 2.82. The number of fused-ring (bicyclic) bond motifs is 3. The molecular weight excluding hydrogens is 174 g/mol. The highest BCUT2D eigenvalue weighted by Crippen LogP contribution is 2.40. The van der Waals surface area contributed by atoms with Crippen molar-refractivity contribution in [3.63, 3.8) is 0 Å². The van der Waals surface area contributed by atoms with Gasteiger partial charge in [0.2, 0.25) is 0 Å². The first-order valence-electron chi connectivity index (χ1n) is 5.28. The van der Waals surface area contributed by atoms with Crippen LogP contribution in [0.25, 0.3) is 0 Å². The van der Waals surface area contributed by atoms with Gasteiger partial charge in [0.25, 0.3) is 0 Å². The van der Waals surface area contributed by atoms with E-state index in [0.29, 0.717) is 6.04 Å². The molecular formula is C12H15NO. The Hall–Kier alpha value is -1.02. The van der Waals surface area contributed by atoms with E-state index in [1.54, 1.807) is 7.11 Å². The molecule has 0 saturated carbocycles. The maximum atomic E-state index is 5.27. The van der Waals surface area contributed by atoms with Gasteiger partial charge in [-0.05, 0) is 42.6 Å². The van der Waals surface area contributed by atoms with Gasteiger partial charge < -0.3 is 10.1 Å². The molecule has 2 nitrogen and oxygen atoms in total. The highest BCUT2D eigenvalue weighted by atomic mass is 16.5. The normalized spacial score (nSPS) is 28.6. The first kappa shape index (κ1) is 8.30. The molecule has 2 aliphatic rings. The lowest BCUT2D eigenvalue weighted by molar-refractivity contribution is 0.414. The summed E-state index contributed by atoms with van der Waals surface area (Å²) in [4.78, 5) is 0. The third-order valence-corrected chi connectivity index (χ3v) is 3.54. The molecule has 2 heteroatoms. The van der Waals surface area contributed by atoms with Gasteiger partial charge in [0, 0.05) is 12.0 Å². The van der Waals surface area contributed by atoms with Gasteiger partial charge in [-0.15, -0.1) is 0 Å². The standard InChI is InChI=1S/C12H15NO/c1-14-9-3-2-8-6-12-10(4-5-13-12)11(8)7-9/h2-3,7,10,12-13H,4-6H2,1H3. The van der Waals surface area contributed by atoms with Gasteiger partial charge in [0.1, 0.15) is 5.75 Å². The molecule has 2 atom stereocenters. The van der Waals surface area contributed by atoms with Crippen LogP contribution in [0.5, 0.6) is 5.75 Å². The SMILES string of the molecule is COc1ccc2c(c1)C1CCNC1C2. The van der Waals surface area contributed by atoms with Gasteiger partial charge in [0.05, 0.1) is 7.11 Å². The fraction of sp³-hybridized carbons (Fsp3) is 0.500. The van der Waals surface area contributed by atoms with Crippen molar-refractivity contribution in [2.24, 2.45) is 0 Å². The largest absolute Gasteiger partial charge is 0.497 e. The molecule has 1 aliphatic heterocycles. The van der Waals surface area contributed by atoms with Crippen LogP contribution in [0, 0.1) is 0 Å². The van der Waals surface area contributed by atoms with Crippen LogP contribution in [-0.2, 0) is 6.42 Å². The number of ether oxygens (including phenoxy) is 1. The fourth-order valence-corrected chi connectivity index (χ4v) is 2.82. The number of rotatable bonds is 1. The molecule has 0 amide bonds. The van der Waals surface area contributed by atoms with Crippen LogP contribution in [0.1, 0.15) is 23.5 Å². The Morgan fingerprint density at radius 1 is 1.43 bits per heavy atom. The number of hydrogen-bond donors (Lipinski definition) is 1. The summed E-state index contributed by atoms with van der Waals surface area (Å²) < 4.78 is 5.27. The minimum atomic E-state index is 0.692. The van der Waals surface area contributed by atoms with Crippen LogP contribution in [0.4, 0.5) is 0 Å². The summed E-state index contributed by atoms with van der Waals surface area (Å²) in [7, 11) is 1.74. The molecule has 0 aromatic heterocycles. The Balaban J connectivity index is 2.03. The lowest BCUT2D eigenvalue weighted by Crippen LogP contribution is -2.23. The molecule has 1 fully saturated rings. The summed E-state index contributed by atoms with van der Waals surface area (Å²) >= 11 is 0. The molecule has 1 aliphatic carbocycles. The van der Waals surface area contributed by atoms with Crippen molar-refractivity contribution >= 4 is 0 Å². The first-order valence-corrected chi connectivity index (χ1v) is 5.28. The van der Waals surface area contributed by atoms with Crippen molar-refractivity contribution < 1.29 is 4.74 Å². The van der Waals surface area contributed by atoms with Crippen molar-refractivity contribution in [2.75, 3.05) is 13.7 Å². The predicted molar refractivity (Wildman–Crippen MR) is 55.8 cm³/mol. The topological polar surface area (TPSA) is 21.3 Å². The summed E-state index contributed by atoms with van der Waals surface area (Å²) in [6.07, 6.45) is 2.48. The van der Waals surface area contributed by atoms with Crippen molar-refractivity contribution in [3.05, 3.63) is 29.3 Å². The Bertz CT molecular complexity index is 361. The van der Waals surface area contributed by atoms with Crippen LogP contribution in [0.2, 0.25) is 0 Å². The van der Waals surface area contributed by atoms with Crippen molar-refractivity contribution in [2.45, 2.75) is 24.8 Å². The Labute approximate surface area is 84.3 Å². The molecule has 1 heterocycles. The van der Waals surface area contributed by atoms with Gasteiger partial charge in [-0.25, -0.2) is 0 Å². The Kier molecular flexibility index (Phi) is 1.77. The van der Waals surface area contributed by atoms with E-state index >= 15 is 0 Å². The Morgan fingerprint density at radius 3 is 3.21 bits per heavy atom. The molecule has 0 bridgehead atoms. The van der Waals surface area contributed by atoms with E-state index in [9.17, 15) is 0 Å². The molecule has 3 rings (SSSR count). The Morgan fingerprint density at radius 2 is 2.36 bits per heavy atom. The third-order valence-electron chi connectivity index (χ3n) is 3.54. The van der Waals surface area contributed by atoms with Crippen molar-refractivity contribution in [3.8, 4) is 5.75 Å². The zero-order valence-electron chi connectivity index (χ0n) is 8.42. The second kappa shape index (κ2) is 2.99. The van der Waals surface area contributed by atoms with Crippen LogP contribution < -0.4 is 10.1 Å². The monoisotopic (exact) mass is 189 g/mol. The van der Waals surface area contributed by atoms with Gasteiger partial charge in [-0.1, -0.05) is 6.07 Å². The van der Waals surface area contributed by atoms with E-state index in [0.717, 1.165) is 11.7 Å². The molecule has 1 N–H and O–H groups in total. The maximum Gasteiger partial charge on any atom is 0.119 e. The zero-order valence-corrected chi connectivity index (χ0v) is 8.42. The first-order chi connectivity index (χ1) is 6.88. The lowest BCUT2D eigenvalue weighted by atomic mass is 9.98. The predicted octanol–water partition coefficient (Wildman–Crippen LogP) is 1.70. The summed E-state index contributed by atoms with van der Waals surface area (Å²) in [5.41, 5.74) is 3.02. The maximum absolute atomic E-state index is 5.27. The third kappa shape index (κ3) is 1.07. The number of methoxy groups -OCH3 is 1. The highest BCUT2D eigenvalue weighted by molar-refractivity contribution is 5.43. The second-order valence-electron chi connectivity index (χ2n) is 4.22. The van der Waals surface area contributed by atoms with E-state index in [4.69, 9.17) is 4.74 Å². The second-order valence-corrected chi connectivity index (χ2v) is 4.22. The molecule has 0 spiro atoms. The number of hydrogen-bond acceptors (Lipinski definition) is 2. The van der Waals surface area contributed by atoms with E-state index in [1.807, 2.05) is 0 Å². The average Bonchev–Trinajstić information content (AvgIpc) is 2.76. The van der Waals surface area contributed by atoms with Crippen molar-refractivity contribution in [1.29, 1.82) is 0 Å². The quantitative estimate of drug-likeness (QED) is 0.726. The average molecular weight is 189 g/mol. The zero-order chi connectivity index (χ0) is 9.54. The van der Waals surface area contributed by atoms with Gasteiger partial charge in [0.15, 0.2) is 0 Å². The van der Waals surface area contributed by atoms with Crippen molar-refractivity contribution in [1.82, 2.24) is 5.32 Å². The van der Waals surface area contributed by atoms with E-state index in [2.05, 4.69) is 23.5 Å².